The Morgan fingerprint density at radius 1 is 1.19 bits per heavy atom. The number of nitrogens with two attached hydrogens (primary N) is 1. The number of methoxy groups -OCH3 is 2. The standard InChI is InChI=1S/C19H21N3O3S/c1-4-5-11-6-8-13-16(20)17(26-19(13)22-11)18(23)21-12-7-9-14(24-2)15(10-12)25-3/h6-10H,4-5,20H2,1-3H3,(H,21,23). The Labute approximate surface area is 155 Å². The van der Waals surface area contributed by atoms with Gasteiger partial charge in [-0.3, -0.25) is 4.79 Å². The van der Waals surface area contributed by atoms with E-state index in [0.717, 1.165) is 28.8 Å². The lowest BCUT2D eigenvalue weighted by molar-refractivity contribution is 0.103. The lowest BCUT2D eigenvalue weighted by atomic mass is 10.2. The second-order valence-electron chi connectivity index (χ2n) is 5.77. The van der Waals surface area contributed by atoms with Crippen molar-refractivity contribution in [2.45, 2.75) is 19.8 Å². The topological polar surface area (TPSA) is 86.5 Å². The van der Waals surface area contributed by atoms with Gasteiger partial charge < -0.3 is 20.5 Å². The molecule has 3 aromatic rings. The molecule has 1 aromatic carbocycles. The molecule has 0 radical (unpaired) electrons. The minimum Gasteiger partial charge on any atom is -0.493 e. The van der Waals surface area contributed by atoms with E-state index in [2.05, 4.69) is 17.2 Å². The number of rotatable bonds is 6. The Morgan fingerprint density at radius 3 is 2.65 bits per heavy atom. The molecule has 0 saturated carbocycles. The van der Waals surface area contributed by atoms with Crippen LogP contribution in [0.5, 0.6) is 11.5 Å². The summed E-state index contributed by atoms with van der Waals surface area (Å²) in [7, 11) is 3.11. The third kappa shape index (κ3) is 3.43. The lowest BCUT2D eigenvalue weighted by Gasteiger charge is -2.10. The highest BCUT2D eigenvalue weighted by Crippen LogP contribution is 2.34. The van der Waals surface area contributed by atoms with Crippen LogP contribution in [-0.2, 0) is 6.42 Å². The Kier molecular flexibility index (Phi) is 5.27. The van der Waals surface area contributed by atoms with Gasteiger partial charge in [-0.25, -0.2) is 4.98 Å². The maximum Gasteiger partial charge on any atom is 0.267 e. The molecule has 7 heteroatoms. The molecule has 2 heterocycles. The number of hydrogen-bond donors (Lipinski definition) is 2. The summed E-state index contributed by atoms with van der Waals surface area (Å²) in [4.78, 5) is 18.5. The van der Waals surface area contributed by atoms with E-state index in [1.165, 1.54) is 11.3 Å². The van der Waals surface area contributed by atoms with E-state index in [-0.39, 0.29) is 5.91 Å². The number of nitrogen functional groups attached to an aromatic ring is 1. The fourth-order valence-corrected chi connectivity index (χ4v) is 3.71. The average molecular weight is 371 g/mol. The van der Waals surface area contributed by atoms with Crippen LogP contribution in [0, 0.1) is 0 Å². The highest BCUT2D eigenvalue weighted by molar-refractivity contribution is 7.21. The van der Waals surface area contributed by atoms with Gasteiger partial charge in [0.1, 0.15) is 9.71 Å². The highest BCUT2D eigenvalue weighted by Gasteiger charge is 2.18. The highest BCUT2D eigenvalue weighted by atomic mass is 32.1. The second-order valence-corrected chi connectivity index (χ2v) is 6.77. The zero-order valence-corrected chi connectivity index (χ0v) is 15.8. The fraction of sp³-hybridized carbons (Fsp3) is 0.263. The second kappa shape index (κ2) is 7.61. The number of fused-ring (bicyclic) bond motifs is 1. The maximum atomic E-state index is 12.7. The number of ether oxygens (including phenoxy) is 2. The first-order valence-electron chi connectivity index (χ1n) is 8.28. The van der Waals surface area contributed by atoms with Gasteiger partial charge in [0, 0.05) is 22.8 Å². The van der Waals surface area contributed by atoms with Crippen molar-refractivity contribution >= 4 is 38.8 Å². The summed E-state index contributed by atoms with van der Waals surface area (Å²) in [6.45, 7) is 2.11. The van der Waals surface area contributed by atoms with Crippen molar-refractivity contribution in [2.24, 2.45) is 0 Å². The van der Waals surface area contributed by atoms with E-state index < -0.39 is 0 Å². The predicted octanol–water partition coefficient (Wildman–Crippen LogP) is 4.10. The fourth-order valence-electron chi connectivity index (χ4n) is 2.70. The zero-order valence-electron chi connectivity index (χ0n) is 15.0. The van der Waals surface area contributed by atoms with E-state index in [1.54, 1.807) is 32.4 Å². The molecule has 1 amide bonds. The van der Waals surface area contributed by atoms with Crippen LogP contribution in [-0.4, -0.2) is 25.1 Å². The smallest absolute Gasteiger partial charge is 0.267 e. The van der Waals surface area contributed by atoms with Gasteiger partial charge in [0.2, 0.25) is 0 Å². The predicted molar refractivity (Wildman–Crippen MR) is 106 cm³/mol. The number of pyridine rings is 1. The van der Waals surface area contributed by atoms with Crippen LogP contribution in [0.15, 0.2) is 30.3 Å². The van der Waals surface area contributed by atoms with Crippen LogP contribution >= 0.6 is 11.3 Å². The van der Waals surface area contributed by atoms with Gasteiger partial charge in [-0.1, -0.05) is 13.3 Å². The molecular weight excluding hydrogens is 350 g/mol. The summed E-state index contributed by atoms with van der Waals surface area (Å²) < 4.78 is 10.5. The van der Waals surface area contributed by atoms with Crippen LogP contribution in [0.3, 0.4) is 0 Å². The maximum absolute atomic E-state index is 12.7. The molecule has 0 spiro atoms. The summed E-state index contributed by atoms with van der Waals surface area (Å²) in [6, 6.07) is 9.09. The molecule has 0 fully saturated rings. The van der Waals surface area contributed by atoms with Crippen LogP contribution < -0.4 is 20.5 Å². The number of carbonyl (C=O) groups is 1. The first-order valence-corrected chi connectivity index (χ1v) is 9.10. The zero-order chi connectivity index (χ0) is 18.7. The van der Waals surface area contributed by atoms with Crippen LogP contribution in [0.2, 0.25) is 0 Å². The van der Waals surface area contributed by atoms with Gasteiger partial charge in [-0.05, 0) is 30.7 Å². The van der Waals surface area contributed by atoms with E-state index in [9.17, 15) is 4.79 Å². The quantitative estimate of drug-likeness (QED) is 0.681. The molecular formula is C19H21N3O3S. The Hall–Kier alpha value is -2.80. The molecule has 0 aliphatic carbocycles. The van der Waals surface area contributed by atoms with Gasteiger partial charge in [0.25, 0.3) is 5.91 Å². The Morgan fingerprint density at radius 2 is 1.96 bits per heavy atom. The minimum atomic E-state index is -0.269. The lowest BCUT2D eigenvalue weighted by Crippen LogP contribution is -2.12. The van der Waals surface area contributed by atoms with Gasteiger partial charge in [0.15, 0.2) is 11.5 Å². The van der Waals surface area contributed by atoms with Crippen LogP contribution in [0.1, 0.15) is 28.7 Å². The Balaban J connectivity index is 1.89. The third-order valence-corrected chi connectivity index (χ3v) is 5.12. The number of benzene rings is 1. The molecule has 0 saturated heterocycles. The summed E-state index contributed by atoms with van der Waals surface area (Å²) in [5.74, 6) is 0.870. The minimum absolute atomic E-state index is 0.269. The normalized spacial score (nSPS) is 10.7. The number of nitrogens with one attached hydrogen (secondary N) is 1. The van der Waals surface area contributed by atoms with Gasteiger partial charge in [-0.15, -0.1) is 11.3 Å². The van der Waals surface area contributed by atoms with E-state index >= 15 is 0 Å². The van der Waals surface area contributed by atoms with Crippen molar-refractivity contribution in [1.29, 1.82) is 0 Å². The number of hydrogen-bond acceptors (Lipinski definition) is 6. The molecule has 136 valence electrons. The van der Waals surface area contributed by atoms with Crippen molar-refractivity contribution in [3.63, 3.8) is 0 Å². The molecule has 26 heavy (non-hydrogen) atoms. The molecule has 0 aliphatic heterocycles. The SMILES string of the molecule is CCCc1ccc2c(N)c(C(=O)Nc3ccc(OC)c(OC)c3)sc2n1. The number of aryl methyl sites for hydroxylation is 1. The molecule has 0 unspecified atom stereocenters. The number of carbonyl (C=O) groups excluding carboxylic acids is 1. The number of aromatic nitrogens is 1. The molecule has 3 N–H and O–H groups in total. The summed E-state index contributed by atoms with van der Waals surface area (Å²) >= 11 is 1.30. The van der Waals surface area contributed by atoms with E-state index in [0.29, 0.717) is 27.8 Å². The summed E-state index contributed by atoms with van der Waals surface area (Å²) in [5, 5.41) is 3.67. The van der Waals surface area contributed by atoms with E-state index in [1.807, 2.05) is 12.1 Å². The summed E-state index contributed by atoms with van der Waals surface area (Å²) in [6.07, 6.45) is 1.92. The largest absolute Gasteiger partial charge is 0.493 e. The van der Waals surface area contributed by atoms with Crippen molar-refractivity contribution in [1.82, 2.24) is 4.98 Å². The molecule has 0 bridgehead atoms. The number of nitrogens with zero attached hydrogens (tertiary/aromatic N) is 1. The Bertz CT molecular complexity index is 953. The molecule has 0 atom stereocenters. The molecule has 6 nitrogen and oxygen atoms in total. The average Bonchev–Trinajstić information content (AvgIpc) is 2.98. The van der Waals surface area contributed by atoms with Crippen molar-refractivity contribution in [3.05, 3.63) is 40.9 Å². The van der Waals surface area contributed by atoms with Gasteiger partial charge >= 0.3 is 0 Å². The first-order chi connectivity index (χ1) is 12.6. The van der Waals surface area contributed by atoms with Crippen LogP contribution in [0.25, 0.3) is 10.2 Å². The number of amides is 1. The first kappa shape index (κ1) is 18.0. The molecule has 0 aliphatic rings. The van der Waals surface area contributed by atoms with Crippen molar-refractivity contribution in [3.8, 4) is 11.5 Å². The van der Waals surface area contributed by atoms with Crippen LogP contribution in [0.4, 0.5) is 11.4 Å². The van der Waals surface area contributed by atoms with Gasteiger partial charge in [0.05, 0.1) is 19.9 Å². The summed E-state index contributed by atoms with van der Waals surface area (Å²) in [5.41, 5.74) is 8.25. The number of thiophene rings is 1. The van der Waals surface area contributed by atoms with Gasteiger partial charge in [-0.2, -0.15) is 0 Å². The van der Waals surface area contributed by atoms with E-state index in [4.69, 9.17) is 15.2 Å². The molecule has 2 aromatic heterocycles. The van der Waals surface area contributed by atoms with Crippen molar-refractivity contribution < 1.29 is 14.3 Å². The van der Waals surface area contributed by atoms with Crippen molar-refractivity contribution in [2.75, 3.05) is 25.3 Å². The third-order valence-electron chi connectivity index (χ3n) is 4.01. The molecule has 3 rings (SSSR count). The number of anilines is 2. The monoisotopic (exact) mass is 371 g/mol.